The van der Waals surface area contributed by atoms with Crippen LogP contribution in [0.1, 0.15) is 39.0 Å². The molecule has 4 rings (SSSR count). The van der Waals surface area contributed by atoms with Crippen molar-refractivity contribution < 1.29 is 9.21 Å². The maximum atomic E-state index is 13.2. The molecule has 2 heterocycles. The largest absolute Gasteiger partial charge is 0.467 e. The van der Waals surface area contributed by atoms with Gasteiger partial charge in [0.1, 0.15) is 11.8 Å². The smallest absolute Gasteiger partial charge is 0.252 e. The summed E-state index contributed by atoms with van der Waals surface area (Å²) in [5.41, 5.74) is 4.30. The molecule has 0 spiro atoms. The van der Waals surface area contributed by atoms with Crippen molar-refractivity contribution in [2.45, 2.75) is 19.9 Å². The molecule has 1 unspecified atom stereocenters. The number of hydrogen-bond acceptors (Lipinski definition) is 3. The molecule has 4 aromatic rings. The number of pyridine rings is 1. The van der Waals surface area contributed by atoms with Gasteiger partial charge in [-0.05, 0) is 49.7 Å². The van der Waals surface area contributed by atoms with Crippen molar-refractivity contribution in [3.8, 4) is 0 Å². The van der Waals surface area contributed by atoms with Gasteiger partial charge in [0.15, 0.2) is 0 Å². The van der Waals surface area contributed by atoms with Crippen LogP contribution in [-0.4, -0.2) is 10.9 Å². The minimum atomic E-state index is -0.359. The number of hydrogen-bond donors (Lipinski definition) is 1. The van der Waals surface area contributed by atoms with Gasteiger partial charge in [0, 0.05) is 11.1 Å². The number of carbonyl (C=O) groups excluding carboxylic acids is 1. The minimum Gasteiger partial charge on any atom is -0.467 e. The second-order valence-electron chi connectivity index (χ2n) is 6.66. The van der Waals surface area contributed by atoms with Gasteiger partial charge in [0.25, 0.3) is 5.91 Å². The SMILES string of the molecule is Cc1ccc2nc(C)cc(C(=O)NC(c3ccccc3)c3ccco3)c2c1. The van der Waals surface area contributed by atoms with Gasteiger partial charge in [-0.3, -0.25) is 9.78 Å². The standard InChI is InChI=1S/C23H20N2O2/c1-15-10-11-20-18(13-15)19(14-16(2)24-20)23(26)25-22(21-9-6-12-27-21)17-7-4-3-5-8-17/h3-14,22H,1-2H3,(H,25,26). The molecule has 0 aliphatic heterocycles. The summed E-state index contributed by atoms with van der Waals surface area (Å²) in [5, 5.41) is 3.98. The van der Waals surface area contributed by atoms with Crippen molar-refractivity contribution in [1.29, 1.82) is 0 Å². The predicted octanol–water partition coefficient (Wildman–Crippen LogP) is 4.96. The lowest BCUT2D eigenvalue weighted by Crippen LogP contribution is -2.29. The molecule has 0 aliphatic carbocycles. The number of aryl methyl sites for hydroxylation is 2. The zero-order valence-corrected chi connectivity index (χ0v) is 15.3. The Hall–Kier alpha value is -3.40. The summed E-state index contributed by atoms with van der Waals surface area (Å²) in [6.45, 7) is 3.91. The van der Waals surface area contributed by atoms with E-state index in [0.717, 1.165) is 27.7 Å². The molecule has 134 valence electrons. The first kappa shape index (κ1) is 17.0. The van der Waals surface area contributed by atoms with Crippen molar-refractivity contribution in [3.05, 3.63) is 101 Å². The Morgan fingerprint density at radius 1 is 1.00 bits per heavy atom. The highest BCUT2D eigenvalue weighted by Crippen LogP contribution is 2.25. The van der Waals surface area contributed by atoms with Gasteiger partial charge in [-0.15, -0.1) is 0 Å². The van der Waals surface area contributed by atoms with Crippen LogP contribution in [0.5, 0.6) is 0 Å². The number of nitrogens with zero attached hydrogens (tertiary/aromatic N) is 1. The van der Waals surface area contributed by atoms with E-state index in [0.29, 0.717) is 11.3 Å². The zero-order valence-electron chi connectivity index (χ0n) is 15.3. The fourth-order valence-electron chi connectivity index (χ4n) is 3.29. The maximum Gasteiger partial charge on any atom is 0.252 e. The summed E-state index contributed by atoms with van der Waals surface area (Å²) in [4.78, 5) is 17.8. The van der Waals surface area contributed by atoms with Crippen LogP contribution in [0, 0.1) is 13.8 Å². The van der Waals surface area contributed by atoms with Crippen molar-refractivity contribution >= 4 is 16.8 Å². The molecule has 27 heavy (non-hydrogen) atoms. The van der Waals surface area contributed by atoms with E-state index in [1.807, 2.05) is 80.6 Å². The van der Waals surface area contributed by atoms with Crippen molar-refractivity contribution in [2.24, 2.45) is 0 Å². The molecule has 2 aromatic carbocycles. The van der Waals surface area contributed by atoms with Gasteiger partial charge >= 0.3 is 0 Å². The van der Waals surface area contributed by atoms with Gasteiger partial charge in [-0.1, -0.05) is 42.0 Å². The molecule has 4 nitrogen and oxygen atoms in total. The van der Waals surface area contributed by atoms with Gasteiger partial charge in [0.05, 0.1) is 17.3 Å². The second kappa shape index (κ2) is 7.08. The number of aromatic nitrogens is 1. The van der Waals surface area contributed by atoms with Crippen LogP contribution in [0.15, 0.2) is 77.4 Å². The van der Waals surface area contributed by atoms with Crippen LogP contribution in [0.2, 0.25) is 0 Å². The van der Waals surface area contributed by atoms with Crippen LogP contribution in [-0.2, 0) is 0 Å². The Labute approximate surface area is 157 Å². The molecule has 0 bridgehead atoms. The Morgan fingerprint density at radius 3 is 2.56 bits per heavy atom. The number of fused-ring (bicyclic) bond motifs is 1. The third kappa shape index (κ3) is 3.47. The molecule has 0 radical (unpaired) electrons. The van der Waals surface area contributed by atoms with Crippen molar-refractivity contribution in [2.75, 3.05) is 0 Å². The second-order valence-corrected chi connectivity index (χ2v) is 6.66. The molecule has 1 atom stereocenters. The number of benzene rings is 2. The molecule has 4 heteroatoms. The Balaban J connectivity index is 1.76. The predicted molar refractivity (Wildman–Crippen MR) is 106 cm³/mol. The van der Waals surface area contributed by atoms with E-state index in [1.54, 1.807) is 6.26 Å². The summed E-state index contributed by atoms with van der Waals surface area (Å²) >= 11 is 0. The van der Waals surface area contributed by atoms with Gasteiger partial charge in [0.2, 0.25) is 0 Å². The van der Waals surface area contributed by atoms with E-state index in [1.165, 1.54) is 0 Å². The first-order valence-electron chi connectivity index (χ1n) is 8.89. The quantitative estimate of drug-likeness (QED) is 0.562. The third-order valence-corrected chi connectivity index (χ3v) is 4.57. The van der Waals surface area contributed by atoms with Gasteiger partial charge < -0.3 is 9.73 Å². The minimum absolute atomic E-state index is 0.152. The van der Waals surface area contributed by atoms with E-state index in [2.05, 4.69) is 10.3 Å². The number of furan rings is 1. The van der Waals surface area contributed by atoms with Crippen LogP contribution in [0.4, 0.5) is 0 Å². The lowest BCUT2D eigenvalue weighted by Gasteiger charge is -2.18. The summed E-state index contributed by atoms with van der Waals surface area (Å²) < 4.78 is 5.59. The normalized spacial score (nSPS) is 12.1. The van der Waals surface area contributed by atoms with Crippen LogP contribution in [0.3, 0.4) is 0 Å². The molecule has 2 aromatic heterocycles. The Kier molecular flexibility index (Phi) is 4.47. The number of nitrogens with one attached hydrogen (secondary N) is 1. The van der Waals surface area contributed by atoms with Crippen LogP contribution < -0.4 is 5.32 Å². The lowest BCUT2D eigenvalue weighted by molar-refractivity contribution is 0.0940. The Bertz CT molecular complexity index is 1090. The lowest BCUT2D eigenvalue weighted by atomic mass is 10.0. The average Bonchev–Trinajstić information content (AvgIpc) is 3.21. The summed E-state index contributed by atoms with van der Waals surface area (Å²) in [6, 6.07) is 20.9. The molecule has 0 fully saturated rings. The van der Waals surface area contributed by atoms with E-state index >= 15 is 0 Å². The molecule has 1 amide bonds. The molecule has 1 N–H and O–H groups in total. The molecular weight excluding hydrogens is 336 g/mol. The van der Waals surface area contributed by atoms with Crippen molar-refractivity contribution in [3.63, 3.8) is 0 Å². The number of rotatable bonds is 4. The van der Waals surface area contributed by atoms with Crippen molar-refractivity contribution in [1.82, 2.24) is 10.3 Å². The topological polar surface area (TPSA) is 55.1 Å². The fourth-order valence-corrected chi connectivity index (χ4v) is 3.29. The number of carbonyl (C=O) groups is 1. The molecule has 0 saturated carbocycles. The summed E-state index contributed by atoms with van der Waals surface area (Å²) in [5.74, 6) is 0.544. The van der Waals surface area contributed by atoms with Crippen LogP contribution in [0.25, 0.3) is 10.9 Å². The first-order valence-corrected chi connectivity index (χ1v) is 8.89. The third-order valence-electron chi connectivity index (χ3n) is 4.57. The fraction of sp³-hybridized carbons (Fsp3) is 0.130. The Morgan fingerprint density at radius 2 is 1.81 bits per heavy atom. The van der Waals surface area contributed by atoms with E-state index in [9.17, 15) is 4.79 Å². The van der Waals surface area contributed by atoms with Crippen LogP contribution >= 0.6 is 0 Å². The maximum absolute atomic E-state index is 13.2. The number of amides is 1. The molecule has 0 aliphatic rings. The molecular formula is C23H20N2O2. The van der Waals surface area contributed by atoms with E-state index < -0.39 is 0 Å². The van der Waals surface area contributed by atoms with Gasteiger partial charge in [-0.25, -0.2) is 0 Å². The highest BCUT2D eigenvalue weighted by atomic mass is 16.3. The average molecular weight is 356 g/mol. The monoisotopic (exact) mass is 356 g/mol. The first-order chi connectivity index (χ1) is 13.1. The van der Waals surface area contributed by atoms with Gasteiger partial charge in [-0.2, -0.15) is 0 Å². The zero-order chi connectivity index (χ0) is 18.8. The summed E-state index contributed by atoms with van der Waals surface area (Å²) in [6.07, 6.45) is 1.62. The molecule has 0 saturated heterocycles. The summed E-state index contributed by atoms with van der Waals surface area (Å²) in [7, 11) is 0. The highest BCUT2D eigenvalue weighted by Gasteiger charge is 2.21. The highest BCUT2D eigenvalue weighted by molar-refractivity contribution is 6.06. The van der Waals surface area contributed by atoms with E-state index in [-0.39, 0.29) is 11.9 Å². The van der Waals surface area contributed by atoms with E-state index in [4.69, 9.17) is 4.42 Å².